The number of methoxy groups -OCH3 is 3. The maximum Gasteiger partial charge on any atom is 0.343 e. The average molecular weight is 423 g/mol. The highest BCUT2D eigenvalue weighted by Crippen LogP contribution is 2.46. The number of benzene rings is 1. The van der Waals surface area contributed by atoms with Gasteiger partial charge in [-0.15, -0.1) is 0 Å². The minimum atomic E-state index is -1.21. The molecule has 0 saturated carbocycles. The van der Waals surface area contributed by atoms with E-state index in [-0.39, 0.29) is 28.4 Å². The summed E-state index contributed by atoms with van der Waals surface area (Å²) >= 11 is 5.81. The van der Waals surface area contributed by atoms with Crippen LogP contribution < -0.4 is 0 Å². The molecule has 0 saturated heterocycles. The minimum absolute atomic E-state index is 0.0800. The lowest BCUT2D eigenvalue weighted by Gasteiger charge is -2.40. The molecule has 7 nitrogen and oxygen atoms in total. The van der Waals surface area contributed by atoms with Crippen molar-refractivity contribution in [3.8, 4) is 5.75 Å². The molecule has 0 amide bonds. The molecule has 156 valence electrons. The van der Waals surface area contributed by atoms with Crippen LogP contribution in [0.15, 0.2) is 53.0 Å². The molecular formula is C21H23ClO7. The number of phenolic OH excluding ortho intramolecular Hbond substituents is 1. The SMILES string of the molecule is COC1=C(C)C(C)(C=CC(=O)c2ccc(Cl)cc2O)C(OC)C(OC)=C1C(=O)O. The Labute approximate surface area is 173 Å². The lowest BCUT2D eigenvalue weighted by molar-refractivity contribution is -0.133. The second kappa shape index (κ2) is 8.71. The van der Waals surface area contributed by atoms with Crippen LogP contribution in [0.3, 0.4) is 0 Å². The van der Waals surface area contributed by atoms with E-state index in [1.54, 1.807) is 19.9 Å². The summed E-state index contributed by atoms with van der Waals surface area (Å²) in [5.74, 6) is -1.69. The smallest absolute Gasteiger partial charge is 0.343 e. The van der Waals surface area contributed by atoms with Crippen LogP contribution in [0.2, 0.25) is 5.02 Å². The third kappa shape index (κ3) is 4.02. The first-order valence-electron chi connectivity index (χ1n) is 8.64. The Kier molecular flexibility index (Phi) is 6.77. The predicted octanol–water partition coefficient (Wildman–Crippen LogP) is 3.72. The third-order valence-electron chi connectivity index (χ3n) is 5.08. The molecular weight excluding hydrogens is 400 g/mol. The molecule has 1 aliphatic carbocycles. The largest absolute Gasteiger partial charge is 0.507 e. The van der Waals surface area contributed by atoms with Gasteiger partial charge in [-0.3, -0.25) is 4.79 Å². The van der Waals surface area contributed by atoms with Crippen molar-refractivity contribution in [1.82, 2.24) is 0 Å². The highest BCUT2D eigenvalue weighted by atomic mass is 35.5. The molecule has 2 N–H and O–H groups in total. The van der Waals surface area contributed by atoms with Gasteiger partial charge in [0.25, 0.3) is 0 Å². The van der Waals surface area contributed by atoms with E-state index >= 15 is 0 Å². The van der Waals surface area contributed by atoms with Gasteiger partial charge in [0, 0.05) is 17.5 Å². The molecule has 0 fully saturated rings. The monoisotopic (exact) mass is 422 g/mol. The van der Waals surface area contributed by atoms with Crippen LogP contribution in [0, 0.1) is 5.41 Å². The van der Waals surface area contributed by atoms with Gasteiger partial charge in [0.2, 0.25) is 0 Å². The first-order valence-corrected chi connectivity index (χ1v) is 9.02. The molecule has 8 heteroatoms. The molecule has 0 aliphatic heterocycles. The van der Waals surface area contributed by atoms with Crippen LogP contribution in [0.1, 0.15) is 24.2 Å². The maximum atomic E-state index is 12.6. The summed E-state index contributed by atoms with van der Waals surface area (Å²) < 4.78 is 16.3. The molecule has 0 radical (unpaired) electrons. The number of ketones is 1. The molecule has 0 bridgehead atoms. The van der Waals surface area contributed by atoms with Gasteiger partial charge >= 0.3 is 5.97 Å². The number of carbonyl (C=O) groups is 2. The van der Waals surface area contributed by atoms with Gasteiger partial charge in [0.15, 0.2) is 5.78 Å². The highest BCUT2D eigenvalue weighted by molar-refractivity contribution is 6.31. The topological polar surface area (TPSA) is 102 Å². The quantitative estimate of drug-likeness (QED) is 0.509. The fraction of sp³-hybridized carbons (Fsp3) is 0.333. The van der Waals surface area contributed by atoms with E-state index in [9.17, 15) is 19.8 Å². The number of rotatable bonds is 7. The van der Waals surface area contributed by atoms with Crippen molar-refractivity contribution >= 4 is 23.4 Å². The van der Waals surface area contributed by atoms with Crippen LogP contribution in [-0.2, 0) is 19.0 Å². The number of aliphatic carboxylic acids is 1. The Balaban J connectivity index is 2.57. The number of hydrogen-bond acceptors (Lipinski definition) is 6. The molecule has 1 aromatic carbocycles. The van der Waals surface area contributed by atoms with E-state index < -0.39 is 23.3 Å². The summed E-state index contributed by atoms with van der Waals surface area (Å²) in [7, 11) is 4.13. The number of halogens is 1. The van der Waals surface area contributed by atoms with Crippen molar-refractivity contribution in [2.45, 2.75) is 20.0 Å². The number of aromatic hydroxyl groups is 1. The molecule has 2 rings (SSSR count). The van der Waals surface area contributed by atoms with Gasteiger partial charge in [0.05, 0.1) is 19.8 Å². The molecule has 2 unspecified atom stereocenters. The number of carbonyl (C=O) groups excluding carboxylic acids is 1. The number of ether oxygens (including phenoxy) is 3. The van der Waals surface area contributed by atoms with E-state index in [0.29, 0.717) is 10.6 Å². The van der Waals surface area contributed by atoms with Gasteiger partial charge < -0.3 is 24.4 Å². The van der Waals surface area contributed by atoms with Crippen LogP contribution in [0.5, 0.6) is 5.75 Å². The minimum Gasteiger partial charge on any atom is -0.507 e. The van der Waals surface area contributed by atoms with E-state index in [2.05, 4.69) is 0 Å². The normalized spacial score (nSPS) is 22.2. The number of hydrogen-bond donors (Lipinski definition) is 2. The second-order valence-corrected chi connectivity index (χ2v) is 7.10. The Morgan fingerprint density at radius 1 is 1.21 bits per heavy atom. The number of carboxylic acid groups (broad SMARTS) is 1. The fourth-order valence-electron chi connectivity index (χ4n) is 3.43. The number of phenols is 1. The zero-order valence-electron chi connectivity index (χ0n) is 16.8. The van der Waals surface area contributed by atoms with E-state index in [4.69, 9.17) is 25.8 Å². The van der Waals surface area contributed by atoms with Crippen molar-refractivity contribution < 1.29 is 34.0 Å². The van der Waals surface area contributed by atoms with Crippen molar-refractivity contribution in [2.24, 2.45) is 5.41 Å². The molecule has 2 atom stereocenters. The first-order chi connectivity index (χ1) is 13.6. The Morgan fingerprint density at radius 2 is 1.86 bits per heavy atom. The second-order valence-electron chi connectivity index (χ2n) is 6.66. The summed E-state index contributed by atoms with van der Waals surface area (Å²) in [6.45, 7) is 3.48. The number of allylic oxidation sites excluding steroid dienone is 1. The Hall–Kier alpha value is -2.77. The zero-order chi connectivity index (χ0) is 21.9. The highest BCUT2D eigenvalue weighted by Gasteiger charge is 2.47. The molecule has 1 aliphatic rings. The van der Waals surface area contributed by atoms with Gasteiger partial charge in [0.1, 0.15) is 28.9 Å². The van der Waals surface area contributed by atoms with Gasteiger partial charge in [-0.05, 0) is 43.7 Å². The maximum absolute atomic E-state index is 12.6. The lowest BCUT2D eigenvalue weighted by Crippen LogP contribution is -2.41. The summed E-state index contributed by atoms with van der Waals surface area (Å²) in [4.78, 5) is 24.4. The summed E-state index contributed by atoms with van der Waals surface area (Å²) in [5, 5.41) is 19.9. The zero-order valence-corrected chi connectivity index (χ0v) is 17.5. The van der Waals surface area contributed by atoms with E-state index in [0.717, 1.165) is 0 Å². The third-order valence-corrected chi connectivity index (χ3v) is 5.32. The predicted molar refractivity (Wildman–Crippen MR) is 107 cm³/mol. The first kappa shape index (κ1) is 22.5. The number of carboxylic acids is 1. The van der Waals surface area contributed by atoms with Crippen molar-refractivity contribution in [1.29, 1.82) is 0 Å². The summed E-state index contributed by atoms with van der Waals surface area (Å²) in [6.07, 6.45) is 2.06. The van der Waals surface area contributed by atoms with Crippen LogP contribution >= 0.6 is 11.6 Å². The summed E-state index contributed by atoms with van der Waals surface area (Å²) in [6, 6.07) is 4.21. The van der Waals surface area contributed by atoms with Gasteiger partial charge in [-0.25, -0.2) is 4.79 Å². The standard InChI is InChI=1S/C21H23ClO7/c1-11-17(27-3)16(20(25)26)18(28-4)19(29-5)21(11,2)9-8-14(23)13-7-6-12(22)10-15(13)24/h6-10,19,24H,1-5H3,(H,25,26). The fourth-order valence-corrected chi connectivity index (χ4v) is 3.59. The average Bonchev–Trinajstić information content (AvgIpc) is 2.67. The van der Waals surface area contributed by atoms with Crippen molar-refractivity contribution in [3.63, 3.8) is 0 Å². The summed E-state index contributed by atoms with van der Waals surface area (Å²) in [5.41, 5.74) is -0.454. The molecule has 29 heavy (non-hydrogen) atoms. The molecule has 0 aromatic heterocycles. The lowest BCUT2D eigenvalue weighted by atomic mass is 9.71. The molecule has 0 spiro atoms. The van der Waals surface area contributed by atoms with E-state index in [1.165, 1.54) is 45.6 Å². The van der Waals surface area contributed by atoms with Crippen LogP contribution in [-0.4, -0.2) is 49.4 Å². The Morgan fingerprint density at radius 3 is 2.34 bits per heavy atom. The van der Waals surface area contributed by atoms with Crippen molar-refractivity contribution in [3.05, 3.63) is 63.6 Å². The van der Waals surface area contributed by atoms with Crippen LogP contribution in [0.25, 0.3) is 0 Å². The molecule has 0 heterocycles. The molecule has 1 aromatic rings. The van der Waals surface area contributed by atoms with Crippen LogP contribution in [0.4, 0.5) is 0 Å². The van der Waals surface area contributed by atoms with Gasteiger partial charge in [-0.1, -0.05) is 17.7 Å². The van der Waals surface area contributed by atoms with Crippen molar-refractivity contribution in [2.75, 3.05) is 21.3 Å². The Bertz CT molecular complexity index is 929. The van der Waals surface area contributed by atoms with Gasteiger partial charge in [-0.2, -0.15) is 0 Å². The van der Waals surface area contributed by atoms with E-state index in [1.807, 2.05) is 0 Å².